The molecule has 0 spiro atoms. The fourth-order valence-corrected chi connectivity index (χ4v) is 4.05. The molecule has 4 rings (SSSR count). The van der Waals surface area contributed by atoms with Gasteiger partial charge in [-0.1, -0.05) is 6.07 Å². The molecule has 1 aromatic heterocycles. The van der Waals surface area contributed by atoms with E-state index in [0.29, 0.717) is 24.1 Å². The number of sulfonamides is 1. The van der Waals surface area contributed by atoms with E-state index in [9.17, 15) is 13.2 Å². The molecule has 1 aliphatic rings. The number of fused-ring (bicyclic) bond motifs is 2. The van der Waals surface area contributed by atoms with E-state index in [2.05, 4.69) is 4.72 Å². The van der Waals surface area contributed by atoms with E-state index in [1.165, 1.54) is 16.7 Å². The van der Waals surface area contributed by atoms with Gasteiger partial charge in [-0.15, -0.1) is 0 Å². The number of hydrogen-bond donors (Lipinski definition) is 1. The Morgan fingerprint density at radius 2 is 1.93 bits per heavy atom. The zero-order valence-corrected chi connectivity index (χ0v) is 15.4. The Balaban J connectivity index is 1.39. The normalized spacial score (nSPS) is 13.4. The summed E-state index contributed by atoms with van der Waals surface area (Å²) < 4.78 is 44.5. The van der Waals surface area contributed by atoms with Crippen LogP contribution < -0.4 is 20.0 Å². The van der Waals surface area contributed by atoms with Crippen LogP contribution in [0.2, 0.25) is 0 Å². The molecule has 2 heterocycles. The summed E-state index contributed by atoms with van der Waals surface area (Å²) in [7, 11) is -2.12. The first kappa shape index (κ1) is 17.6. The number of aryl methyl sites for hydroxylation is 2. The molecule has 1 aliphatic heterocycles. The Hall–Kier alpha value is -2.78. The summed E-state index contributed by atoms with van der Waals surface area (Å²) in [5.41, 5.74) is 1.83. The fourth-order valence-electron chi connectivity index (χ4n) is 2.96. The lowest BCUT2D eigenvalue weighted by Crippen LogP contribution is -2.25. The highest BCUT2D eigenvalue weighted by atomic mass is 32.2. The van der Waals surface area contributed by atoms with Crippen LogP contribution in [0.25, 0.3) is 11.1 Å². The van der Waals surface area contributed by atoms with Gasteiger partial charge in [0.05, 0.1) is 10.4 Å². The van der Waals surface area contributed by atoms with Crippen molar-refractivity contribution in [1.82, 2.24) is 9.29 Å². The van der Waals surface area contributed by atoms with Gasteiger partial charge < -0.3 is 13.9 Å². The predicted octanol–water partition coefficient (Wildman–Crippen LogP) is 1.77. The molecule has 0 saturated heterocycles. The van der Waals surface area contributed by atoms with Crippen molar-refractivity contribution in [1.29, 1.82) is 0 Å². The summed E-state index contributed by atoms with van der Waals surface area (Å²) in [6.45, 7) is 0.512. The maximum absolute atomic E-state index is 12.5. The molecule has 0 fully saturated rings. The number of rotatable bonds is 6. The van der Waals surface area contributed by atoms with Crippen molar-refractivity contribution in [3.63, 3.8) is 0 Å². The van der Waals surface area contributed by atoms with Crippen LogP contribution in [0.5, 0.6) is 11.5 Å². The molecule has 0 unspecified atom stereocenters. The van der Waals surface area contributed by atoms with Gasteiger partial charge in [-0.3, -0.25) is 4.57 Å². The highest BCUT2D eigenvalue weighted by molar-refractivity contribution is 7.89. The first-order chi connectivity index (χ1) is 12.9. The largest absolute Gasteiger partial charge is 0.454 e. The zero-order valence-electron chi connectivity index (χ0n) is 14.6. The van der Waals surface area contributed by atoms with Crippen LogP contribution in [0.15, 0.2) is 50.5 Å². The third-order valence-electron chi connectivity index (χ3n) is 4.45. The van der Waals surface area contributed by atoms with E-state index in [1.54, 1.807) is 13.1 Å². The molecule has 0 atom stereocenters. The van der Waals surface area contributed by atoms with Gasteiger partial charge in [0, 0.05) is 19.7 Å². The Labute approximate surface area is 155 Å². The first-order valence-electron chi connectivity index (χ1n) is 8.42. The average Bonchev–Trinajstić information content (AvgIpc) is 3.22. The molecule has 0 radical (unpaired) electrons. The van der Waals surface area contributed by atoms with E-state index in [0.717, 1.165) is 11.3 Å². The number of hydrogen-bond acceptors (Lipinski definition) is 6. The van der Waals surface area contributed by atoms with E-state index in [1.807, 2.05) is 18.2 Å². The Bertz CT molecular complexity index is 1160. The average molecular weight is 390 g/mol. The van der Waals surface area contributed by atoms with Crippen LogP contribution in [0.1, 0.15) is 12.0 Å². The number of nitrogens with zero attached hydrogens (tertiary/aromatic N) is 1. The number of nitrogens with one attached hydrogen (secondary N) is 1. The second-order valence-corrected chi connectivity index (χ2v) is 8.01. The van der Waals surface area contributed by atoms with Crippen molar-refractivity contribution in [3.8, 4) is 11.5 Å². The highest BCUT2D eigenvalue weighted by Crippen LogP contribution is 2.32. The maximum atomic E-state index is 12.5. The van der Waals surface area contributed by atoms with Crippen molar-refractivity contribution in [2.45, 2.75) is 17.7 Å². The molecule has 8 nitrogen and oxygen atoms in total. The molecule has 27 heavy (non-hydrogen) atoms. The van der Waals surface area contributed by atoms with Crippen molar-refractivity contribution in [2.75, 3.05) is 13.3 Å². The number of aromatic nitrogens is 1. The molecule has 9 heteroatoms. The Morgan fingerprint density at radius 1 is 1.11 bits per heavy atom. The monoisotopic (exact) mass is 390 g/mol. The summed E-state index contributed by atoms with van der Waals surface area (Å²) >= 11 is 0. The minimum absolute atomic E-state index is 0.0624. The van der Waals surface area contributed by atoms with Crippen molar-refractivity contribution < 1.29 is 22.3 Å². The maximum Gasteiger partial charge on any atom is 0.419 e. The summed E-state index contributed by atoms with van der Waals surface area (Å²) in [6, 6.07) is 10.1. The second-order valence-electron chi connectivity index (χ2n) is 6.25. The van der Waals surface area contributed by atoms with Crippen LogP contribution in [0, 0.1) is 0 Å². The van der Waals surface area contributed by atoms with Crippen molar-refractivity contribution in [2.24, 2.45) is 7.05 Å². The molecule has 142 valence electrons. The van der Waals surface area contributed by atoms with Crippen LogP contribution in [0.4, 0.5) is 0 Å². The number of ether oxygens (including phenoxy) is 2. The standard InChI is InChI=1S/C18H18N2O6S/c1-20-14-6-5-13(10-16(14)26-18(20)21)27(22,23)19-8-2-3-12-4-7-15-17(9-12)25-11-24-15/h4-7,9-10,19H,2-3,8,11H2,1H3. The minimum Gasteiger partial charge on any atom is -0.454 e. The Morgan fingerprint density at radius 3 is 2.78 bits per heavy atom. The first-order valence-corrected chi connectivity index (χ1v) is 9.90. The van der Waals surface area contributed by atoms with Gasteiger partial charge in [0.2, 0.25) is 16.8 Å². The molecular formula is C18H18N2O6S. The topological polar surface area (TPSA) is 99.8 Å². The van der Waals surface area contributed by atoms with Crippen LogP contribution in [0.3, 0.4) is 0 Å². The van der Waals surface area contributed by atoms with Gasteiger partial charge in [-0.05, 0) is 42.7 Å². The smallest absolute Gasteiger partial charge is 0.419 e. The lowest BCUT2D eigenvalue weighted by atomic mass is 10.1. The van der Waals surface area contributed by atoms with Gasteiger partial charge in [-0.25, -0.2) is 17.9 Å². The van der Waals surface area contributed by atoms with Gasteiger partial charge in [-0.2, -0.15) is 0 Å². The third kappa shape index (κ3) is 3.43. The minimum atomic E-state index is -3.69. The van der Waals surface area contributed by atoms with Crippen molar-refractivity contribution in [3.05, 3.63) is 52.5 Å². The van der Waals surface area contributed by atoms with E-state index in [-0.39, 0.29) is 23.8 Å². The molecule has 0 aliphatic carbocycles. The zero-order chi connectivity index (χ0) is 19.0. The van der Waals surface area contributed by atoms with Crippen LogP contribution >= 0.6 is 0 Å². The summed E-state index contributed by atoms with van der Waals surface area (Å²) in [5, 5.41) is 0. The molecule has 0 saturated carbocycles. The molecule has 3 aromatic rings. The lowest BCUT2D eigenvalue weighted by Gasteiger charge is -2.07. The number of benzene rings is 2. The van der Waals surface area contributed by atoms with Gasteiger partial charge >= 0.3 is 5.76 Å². The molecule has 0 amide bonds. The number of oxazole rings is 1. The lowest BCUT2D eigenvalue weighted by molar-refractivity contribution is 0.174. The quantitative estimate of drug-likeness (QED) is 0.644. The fraction of sp³-hybridized carbons (Fsp3) is 0.278. The van der Waals surface area contributed by atoms with E-state index < -0.39 is 15.8 Å². The summed E-state index contributed by atoms with van der Waals surface area (Å²) in [4.78, 5) is 11.6. The summed E-state index contributed by atoms with van der Waals surface area (Å²) in [5.74, 6) is 0.907. The SMILES string of the molecule is Cn1c(=O)oc2cc(S(=O)(=O)NCCCc3ccc4c(c3)OCO4)ccc21. The van der Waals surface area contributed by atoms with E-state index in [4.69, 9.17) is 13.9 Å². The molecule has 1 N–H and O–H groups in total. The molecular weight excluding hydrogens is 372 g/mol. The van der Waals surface area contributed by atoms with E-state index >= 15 is 0 Å². The summed E-state index contributed by atoms with van der Waals surface area (Å²) in [6.07, 6.45) is 1.33. The molecule has 0 bridgehead atoms. The van der Waals surface area contributed by atoms with Gasteiger partial charge in [0.1, 0.15) is 0 Å². The highest BCUT2D eigenvalue weighted by Gasteiger charge is 2.17. The Kier molecular flexibility index (Phi) is 4.40. The van der Waals surface area contributed by atoms with Crippen LogP contribution in [-0.2, 0) is 23.5 Å². The second kappa shape index (κ2) is 6.75. The third-order valence-corrected chi connectivity index (χ3v) is 5.90. The predicted molar refractivity (Wildman–Crippen MR) is 97.5 cm³/mol. The molecule has 2 aromatic carbocycles. The van der Waals surface area contributed by atoms with Crippen molar-refractivity contribution >= 4 is 21.1 Å². The van der Waals surface area contributed by atoms with Gasteiger partial charge in [0.25, 0.3) is 0 Å². The van der Waals surface area contributed by atoms with Crippen LogP contribution in [-0.4, -0.2) is 26.3 Å². The van der Waals surface area contributed by atoms with Gasteiger partial charge in [0.15, 0.2) is 17.1 Å².